The zero-order valence-corrected chi connectivity index (χ0v) is 10.9. The molecule has 0 aliphatic rings. The topological polar surface area (TPSA) is 66.6 Å². The molecule has 0 aromatic carbocycles. The smallest absolute Gasteiger partial charge is 0.317 e. The van der Waals surface area contributed by atoms with E-state index in [1.54, 1.807) is 0 Å². The average Bonchev–Trinajstić information content (AvgIpc) is 2.47. The van der Waals surface area contributed by atoms with Crippen molar-refractivity contribution in [2.75, 3.05) is 13.1 Å². The van der Waals surface area contributed by atoms with Gasteiger partial charge in [-0.1, -0.05) is 19.0 Å². The maximum absolute atomic E-state index is 10.8. The van der Waals surface area contributed by atoms with Gasteiger partial charge in [-0.2, -0.15) is 0 Å². The first-order valence-corrected chi connectivity index (χ1v) is 5.76. The van der Waals surface area contributed by atoms with E-state index < -0.39 is 5.97 Å². The molecule has 0 saturated heterocycles. The number of hydrogen-bond acceptors (Lipinski definition) is 4. The summed E-state index contributed by atoms with van der Waals surface area (Å²) < 4.78 is 5.08. The van der Waals surface area contributed by atoms with Crippen LogP contribution in [0, 0.1) is 19.8 Å². The van der Waals surface area contributed by atoms with E-state index in [4.69, 9.17) is 9.63 Å². The van der Waals surface area contributed by atoms with Gasteiger partial charge in [0.1, 0.15) is 5.76 Å². The zero-order chi connectivity index (χ0) is 13.0. The molecular weight excluding hydrogens is 220 g/mol. The van der Waals surface area contributed by atoms with E-state index >= 15 is 0 Å². The van der Waals surface area contributed by atoms with Gasteiger partial charge in [0, 0.05) is 18.7 Å². The second-order valence-electron chi connectivity index (χ2n) is 4.76. The lowest BCUT2D eigenvalue weighted by Gasteiger charge is -2.22. The minimum Gasteiger partial charge on any atom is -0.480 e. The summed E-state index contributed by atoms with van der Waals surface area (Å²) in [6.07, 6.45) is 0. The fraction of sp³-hybridized carbons (Fsp3) is 0.667. The molecule has 0 spiro atoms. The lowest BCUT2D eigenvalue weighted by Crippen LogP contribution is -2.32. The molecule has 17 heavy (non-hydrogen) atoms. The Kier molecular flexibility index (Phi) is 4.69. The average molecular weight is 240 g/mol. The van der Waals surface area contributed by atoms with Gasteiger partial charge in [-0.15, -0.1) is 0 Å². The number of carboxylic acid groups (broad SMARTS) is 1. The molecule has 1 aromatic rings. The van der Waals surface area contributed by atoms with Gasteiger partial charge in [0.25, 0.3) is 0 Å². The van der Waals surface area contributed by atoms with Crippen LogP contribution < -0.4 is 0 Å². The Balaban J connectivity index is 2.75. The van der Waals surface area contributed by atoms with Crippen LogP contribution in [0.25, 0.3) is 0 Å². The standard InChI is InChI=1S/C12H20N2O3/c1-8(2)5-14(7-12(15)16)6-11-9(3)13-17-10(11)4/h8H,5-7H2,1-4H3,(H,15,16). The maximum atomic E-state index is 10.8. The Morgan fingerprint density at radius 2 is 2.12 bits per heavy atom. The summed E-state index contributed by atoms with van der Waals surface area (Å²) in [5.74, 6) is 0.383. The first kappa shape index (κ1) is 13.7. The quantitative estimate of drug-likeness (QED) is 0.821. The van der Waals surface area contributed by atoms with Crippen LogP contribution in [0.15, 0.2) is 4.52 Å². The van der Waals surface area contributed by atoms with Crippen LogP contribution in [0.4, 0.5) is 0 Å². The van der Waals surface area contributed by atoms with Crippen molar-refractivity contribution >= 4 is 5.97 Å². The number of carbonyl (C=O) groups is 1. The van der Waals surface area contributed by atoms with Gasteiger partial charge in [-0.25, -0.2) is 0 Å². The predicted octanol–water partition coefficient (Wildman–Crippen LogP) is 1.83. The van der Waals surface area contributed by atoms with Gasteiger partial charge in [0.15, 0.2) is 0 Å². The number of aryl methyl sites for hydroxylation is 2. The third-order valence-electron chi connectivity index (χ3n) is 2.55. The highest BCUT2D eigenvalue weighted by Crippen LogP contribution is 2.15. The molecule has 1 N–H and O–H groups in total. The summed E-state index contributed by atoms with van der Waals surface area (Å²) in [6, 6.07) is 0. The zero-order valence-electron chi connectivity index (χ0n) is 10.9. The van der Waals surface area contributed by atoms with Crippen molar-refractivity contribution in [1.82, 2.24) is 10.1 Å². The van der Waals surface area contributed by atoms with Gasteiger partial charge in [-0.3, -0.25) is 9.69 Å². The molecule has 96 valence electrons. The third kappa shape index (κ3) is 4.19. The highest BCUT2D eigenvalue weighted by molar-refractivity contribution is 5.69. The number of aromatic nitrogens is 1. The highest BCUT2D eigenvalue weighted by atomic mass is 16.5. The monoisotopic (exact) mass is 240 g/mol. The summed E-state index contributed by atoms with van der Waals surface area (Å²) in [5, 5.41) is 12.8. The molecule has 1 aromatic heterocycles. The van der Waals surface area contributed by atoms with E-state index in [0.29, 0.717) is 12.5 Å². The molecule has 0 unspecified atom stereocenters. The first-order valence-electron chi connectivity index (χ1n) is 5.76. The molecule has 1 rings (SSSR count). The Bertz CT molecular complexity index is 366. The van der Waals surface area contributed by atoms with Crippen molar-refractivity contribution < 1.29 is 14.4 Å². The molecular formula is C12H20N2O3. The molecule has 0 amide bonds. The van der Waals surface area contributed by atoms with E-state index in [-0.39, 0.29) is 6.54 Å². The van der Waals surface area contributed by atoms with Gasteiger partial charge in [0.05, 0.1) is 12.2 Å². The van der Waals surface area contributed by atoms with Crippen LogP contribution in [-0.4, -0.2) is 34.2 Å². The van der Waals surface area contributed by atoms with E-state index in [1.807, 2.05) is 18.7 Å². The van der Waals surface area contributed by atoms with Crippen molar-refractivity contribution in [1.29, 1.82) is 0 Å². The van der Waals surface area contributed by atoms with E-state index in [2.05, 4.69) is 19.0 Å². The summed E-state index contributed by atoms with van der Waals surface area (Å²) in [5.41, 5.74) is 1.83. The summed E-state index contributed by atoms with van der Waals surface area (Å²) in [7, 11) is 0. The van der Waals surface area contributed by atoms with Crippen molar-refractivity contribution in [3.63, 3.8) is 0 Å². The van der Waals surface area contributed by atoms with Gasteiger partial charge in [-0.05, 0) is 19.8 Å². The van der Waals surface area contributed by atoms with Crippen LogP contribution >= 0.6 is 0 Å². The van der Waals surface area contributed by atoms with E-state index in [1.165, 1.54) is 0 Å². The van der Waals surface area contributed by atoms with Crippen LogP contribution in [0.1, 0.15) is 30.9 Å². The van der Waals surface area contributed by atoms with E-state index in [0.717, 1.165) is 23.6 Å². The van der Waals surface area contributed by atoms with Gasteiger partial charge in [0.2, 0.25) is 0 Å². The molecule has 0 aliphatic heterocycles. The molecule has 0 aliphatic carbocycles. The molecule has 5 heteroatoms. The number of aliphatic carboxylic acids is 1. The Hall–Kier alpha value is -1.36. The second-order valence-corrected chi connectivity index (χ2v) is 4.76. The molecule has 0 radical (unpaired) electrons. The van der Waals surface area contributed by atoms with Gasteiger partial charge < -0.3 is 9.63 Å². The lowest BCUT2D eigenvalue weighted by molar-refractivity contribution is -0.138. The van der Waals surface area contributed by atoms with Crippen molar-refractivity contribution in [3.05, 3.63) is 17.0 Å². The van der Waals surface area contributed by atoms with Crippen molar-refractivity contribution in [2.45, 2.75) is 34.2 Å². The first-order chi connectivity index (χ1) is 7.90. The van der Waals surface area contributed by atoms with Crippen LogP contribution in [0.3, 0.4) is 0 Å². The summed E-state index contributed by atoms with van der Waals surface area (Å²) in [4.78, 5) is 12.7. The normalized spacial score (nSPS) is 11.4. The van der Waals surface area contributed by atoms with Crippen molar-refractivity contribution in [2.24, 2.45) is 5.92 Å². The molecule has 0 atom stereocenters. The Labute approximate surface area is 101 Å². The maximum Gasteiger partial charge on any atom is 0.317 e. The van der Waals surface area contributed by atoms with Crippen LogP contribution in [0.5, 0.6) is 0 Å². The Morgan fingerprint density at radius 3 is 2.53 bits per heavy atom. The third-order valence-corrected chi connectivity index (χ3v) is 2.55. The summed E-state index contributed by atoms with van der Waals surface area (Å²) in [6.45, 7) is 9.23. The molecule has 0 saturated carbocycles. The second kappa shape index (κ2) is 5.82. The number of hydrogen-bond donors (Lipinski definition) is 1. The predicted molar refractivity (Wildman–Crippen MR) is 63.7 cm³/mol. The summed E-state index contributed by atoms with van der Waals surface area (Å²) >= 11 is 0. The SMILES string of the molecule is Cc1noc(C)c1CN(CC(=O)O)CC(C)C. The molecule has 0 bridgehead atoms. The number of nitrogens with zero attached hydrogens (tertiary/aromatic N) is 2. The fourth-order valence-electron chi connectivity index (χ4n) is 1.84. The van der Waals surface area contributed by atoms with Crippen LogP contribution in [0.2, 0.25) is 0 Å². The lowest BCUT2D eigenvalue weighted by atomic mass is 10.1. The van der Waals surface area contributed by atoms with Crippen LogP contribution in [-0.2, 0) is 11.3 Å². The highest BCUT2D eigenvalue weighted by Gasteiger charge is 2.16. The minimum atomic E-state index is -0.808. The largest absolute Gasteiger partial charge is 0.480 e. The van der Waals surface area contributed by atoms with Gasteiger partial charge >= 0.3 is 5.97 Å². The van der Waals surface area contributed by atoms with Crippen molar-refractivity contribution in [3.8, 4) is 0 Å². The fourth-order valence-corrected chi connectivity index (χ4v) is 1.84. The van der Waals surface area contributed by atoms with E-state index in [9.17, 15) is 4.79 Å². The number of rotatable bonds is 6. The molecule has 1 heterocycles. The minimum absolute atomic E-state index is 0.0439. The molecule has 0 fully saturated rings. The Morgan fingerprint density at radius 1 is 1.47 bits per heavy atom. The molecule has 5 nitrogen and oxygen atoms in total. The number of carboxylic acids is 1.